The molecule has 0 radical (unpaired) electrons. The molecule has 1 unspecified atom stereocenters. The summed E-state index contributed by atoms with van der Waals surface area (Å²) in [5.74, 6) is 1.33. The van der Waals surface area contributed by atoms with E-state index in [-0.39, 0.29) is 0 Å². The highest BCUT2D eigenvalue weighted by Gasteiger charge is 2.09. The monoisotopic (exact) mass is 354 g/mol. The maximum atomic E-state index is 4.33. The van der Waals surface area contributed by atoms with Gasteiger partial charge in [0.25, 0.3) is 0 Å². The lowest BCUT2D eigenvalue weighted by Gasteiger charge is -2.15. The molecule has 132 valence electrons. The molecule has 0 saturated carbocycles. The Hall–Kier alpha value is -2.27. The number of para-hydroxylation sites is 1. The van der Waals surface area contributed by atoms with Crippen LogP contribution in [0.4, 0.5) is 0 Å². The van der Waals surface area contributed by atoms with E-state index in [4.69, 9.17) is 0 Å². The summed E-state index contributed by atoms with van der Waals surface area (Å²) in [6.07, 6.45) is 0.969. The molecule has 0 saturated heterocycles. The number of aromatic amines is 1. The first kappa shape index (κ1) is 17.5. The number of aromatic nitrogens is 1. The van der Waals surface area contributed by atoms with E-state index in [9.17, 15) is 0 Å². The standard InChI is InChI=1S/C20H26N4S/c1-14(16-9-11-25-13-16)12-23-20(21-3)22-10-8-17-15(2)24-19-7-5-4-6-18(17)19/h4-7,9,11,13-14,24H,8,10,12H2,1-3H3,(H2,21,22,23). The van der Waals surface area contributed by atoms with Crippen LogP contribution in [0.15, 0.2) is 46.1 Å². The number of thiophene rings is 1. The molecular formula is C20H26N4S. The summed E-state index contributed by atoms with van der Waals surface area (Å²) in [5.41, 5.74) is 5.21. The number of aryl methyl sites for hydroxylation is 1. The van der Waals surface area contributed by atoms with Crippen LogP contribution in [0.2, 0.25) is 0 Å². The fraction of sp³-hybridized carbons (Fsp3) is 0.350. The van der Waals surface area contributed by atoms with Gasteiger partial charge in [-0.1, -0.05) is 25.1 Å². The second kappa shape index (κ2) is 8.21. The number of H-pyrrole nitrogens is 1. The zero-order valence-electron chi connectivity index (χ0n) is 15.1. The van der Waals surface area contributed by atoms with Crippen molar-refractivity contribution in [2.75, 3.05) is 20.1 Å². The van der Waals surface area contributed by atoms with Gasteiger partial charge in [0.05, 0.1) is 0 Å². The number of hydrogen-bond acceptors (Lipinski definition) is 2. The van der Waals surface area contributed by atoms with Gasteiger partial charge in [-0.15, -0.1) is 0 Å². The first-order chi connectivity index (χ1) is 12.2. The molecule has 0 spiro atoms. The number of guanidine groups is 1. The van der Waals surface area contributed by atoms with Gasteiger partial charge in [-0.05, 0) is 53.3 Å². The number of nitrogens with zero attached hydrogens (tertiary/aromatic N) is 1. The second-order valence-electron chi connectivity index (χ2n) is 6.36. The van der Waals surface area contributed by atoms with Crippen LogP contribution in [0, 0.1) is 6.92 Å². The lowest BCUT2D eigenvalue weighted by atomic mass is 10.1. The summed E-state index contributed by atoms with van der Waals surface area (Å²) in [5, 5.41) is 12.5. The van der Waals surface area contributed by atoms with Crippen molar-refractivity contribution in [1.29, 1.82) is 0 Å². The van der Waals surface area contributed by atoms with Gasteiger partial charge in [-0.2, -0.15) is 11.3 Å². The molecule has 1 atom stereocenters. The van der Waals surface area contributed by atoms with Gasteiger partial charge in [0.1, 0.15) is 0 Å². The Morgan fingerprint density at radius 3 is 2.84 bits per heavy atom. The van der Waals surface area contributed by atoms with E-state index < -0.39 is 0 Å². The molecule has 0 bridgehead atoms. The third kappa shape index (κ3) is 4.23. The molecule has 3 rings (SSSR count). The molecule has 0 aliphatic heterocycles. The SMILES string of the molecule is CN=C(NCCc1c(C)[nH]c2ccccc12)NCC(C)c1ccsc1. The van der Waals surface area contributed by atoms with E-state index in [1.165, 1.54) is 27.7 Å². The molecule has 5 heteroatoms. The van der Waals surface area contributed by atoms with Crippen molar-refractivity contribution in [1.82, 2.24) is 15.6 Å². The molecular weight excluding hydrogens is 328 g/mol. The summed E-state index contributed by atoms with van der Waals surface area (Å²) < 4.78 is 0. The molecule has 4 nitrogen and oxygen atoms in total. The molecule has 1 aromatic carbocycles. The van der Waals surface area contributed by atoms with Crippen LogP contribution in [-0.4, -0.2) is 31.1 Å². The largest absolute Gasteiger partial charge is 0.358 e. The molecule has 3 aromatic rings. The number of rotatable bonds is 6. The fourth-order valence-corrected chi connectivity index (χ4v) is 3.89. The molecule has 2 heterocycles. The van der Waals surface area contributed by atoms with Crippen molar-refractivity contribution in [3.8, 4) is 0 Å². The maximum absolute atomic E-state index is 4.33. The smallest absolute Gasteiger partial charge is 0.191 e. The van der Waals surface area contributed by atoms with Crippen LogP contribution in [0.3, 0.4) is 0 Å². The highest BCUT2D eigenvalue weighted by atomic mass is 32.1. The van der Waals surface area contributed by atoms with Crippen LogP contribution >= 0.6 is 11.3 Å². The van der Waals surface area contributed by atoms with E-state index in [0.29, 0.717) is 5.92 Å². The number of hydrogen-bond donors (Lipinski definition) is 3. The molecule has 3 N–H and O–H groups in total. The molecule has 0 fully saturated rings. The Morgan fingerprint density at radius 2 is 2.08 bits per heavy atom. The zero-order chi connectivity index (χ0) is 17.6. The van der Waals surface area contributed by atoms with Crippen molar-refractivity contribution >= 4 is 28.2 Å². The average Bonchev–Trinajstić information content (AvgIpc) is 3.26. The minimum Gasteiger partial charge on any atom is -0.358 e. The van der Waals surface area contributed by atoms with Crippen molar-refractivity contribution in [2.24, 2.45) is 4.99 Å². The van der Waals surface area contributed by atoms with Crippen LogP contribution in [0.25, 0.3) is 10.9 Å². The number of nitrogens with one attached hydrogen (secondary N) is 3. The van der Waals surface area contributed by atoms with Crippen LogP contribution in [-0.2, 0) is 6.42 Å². The molecule has 0 amide bonds. The first-order valence-corrected chi connectivity index (χ1v) is 9.66. The van der Waals surface area contributed by atoms with Gasteiger partial charge < -0.3 is 15.6 Å². The highest BCUT2D eigenvalue weighted by molar-refractivity contribution is 7.07. The summed E-state index contributed by atoms with van der Waals surface area (Å²) >= 11 is 1.75. The average molecular weight is 355 g/mol. The van der Waals surface area contributed by atoms with Gasteiger partial charge in [0.15, 0.2) is 5.96 Å². The summed E-state index contributed by atoms with van der Waals surface area (Å²) in [4.78, 5) is 7.80. The van der Waals surface area contributed by atoms with E-state index in [2.05, 4.69) is 75.5 Å². The van der Waals surface area contributed by atoms with Crippen molar-refractivity contribution in [3.05, 3.63) is 57.9 Å². The Morgan fingerprint density at radius 1 is 1.24 bits per heavy atom. The lowest BCUT2D eigenvalue weighted by Crippen LogP contribution is -2.39. The molecule has 25 heavy (non-hydrogen) atoms. The van der Waals surface area contributed by atoms with E-state index in [1.54, 1.807) is 11.3 Å². The molecule has 0 aliphatic rings. The van der Waals surface area contributed by atoms with Gasteiger partial charge >= 0.3 is 0 Å². The highest BCUT2D eigenvalue weighted by Crippen LogP contribution is 2.22. The van der Waals surface area contributed by atoms with Crippen LogP contribution in [0.5, 0.6) is 0 Å². The summed E-state index contributed by atoms with van der Waals surface area (Å²) in [6.45, 7) is 6.11. The number of aliphatic imine (C=N–C) groups is 1. The Labute approximate surface area is 153 Å². The van der Waals surface area contributed by atoms with Crippen LogP contribution in [0.1, 0.15) is 29.7 Å². The quantitative estimate of drug-likeness (QED) is 0.462. The summed E-state index contributed by atoms with van der Waals surface area (Å²) in [7, 11) is 1.82. The predicted molar refractivity (Wildman–Crippen MR) is 109 cm³/mol. The first-order valence-electron chi connectivity index (χ1n) is 8.72. The van der Waals surface area contributed by atoms with Gasteiger partial charge in [0.2, 0.25) is 0 Å². The minimum absolute atomic E-state index is 0.473. The second-order valence-corrected chi connectivity index (χ2v) is 7.14. The Balaban J connectivity index is 1.52. The van der Waals surface area contributed by atoms with Crippen molar-refractivity contribution in [2.45, 2.75) is 26.2 Å². The zero-order valence-corrected chi connectivity index (χ0v) is 15.9. The molecule has 2 aromatic heterocycles. The third-order valence-corrected chi connectivity index (χ3v) is 5.31. The van der Waals surface area contributed by atoms with Gasteiger partial charge in [-0.25, -0.2) is 0 Å². The van der Waals surface area contributed by atoms with Crippen molar-refractivity contribution < 1.29 is 0 Å². The van der Waals surface area contributed by atoms with Gasteiger partial charge in [0, 0.05) is 36.7 Å². The van der Waals surface area contributed by atoms with E-state index in [1.807, 2.05) is 7.05 Å². The topological polar surface area (TPSA) is 52.2 Å². The fourth-order valence-electron chi connectivity index (χ4n) is 3.11. The third-order valence-electron chi connectivity index (χ3n) is 4.61. The molecule has 0 aliphatic carbocycles. The Bertz CT molecular complexity index is 833. The lowest BCUT2D eigenvalue weighted by molar-refractivity contribution is 0.700. The minimum atomic E-state index is 0.473. The van der Waals surface area contributed by atoms with E-state index >= 15 is 0 Å². The van der Waals surface area contributed by atoms with E-state index in [0.717, 1.165) is 25.5 Å². The normalized spacial score (nSPS) is 13.2. The summed E-state index contributed by atoms with van der Waals surface area (Å²) in [6, 6.07) is 10.7. The maximum Gasteiger partial charge on any atom is 0.191 e. The van der Waals surface area contributed by atoms with Gasteiger partial charge in [-0.3, -0.25) is 4.99 Å². The predicted octanol–water partition coefficient (Wildman–Crippen LogP) is 4.05. The Kier molecular flexibility index (Phi) is 5.76. The van der Waals surface area contributed by atoms with Crippen LogP contribution < -0.4 is 10.6 Å². The van der Waals surface area contributed by atoms with Crippen molar-refractivity contribution in [3.63, 3.8) is 0 Å². The number of benzene rings is 1. The number of fused-ring (bicyclic) bond motifs is 1.